The average molecular weight is 392 g/mol. The topological polar surface area (TPSA) is 83.0 Å². The fraction of sp³-hybridized carbons (Fsp3) is 0.143. The van der Waals surface area contributed by atoms with Crippen molar-refractivity contribution in [2.24, 2.45) is 0 Å². The van der Waals surface area contributed by atoms with Gasteiger partial charge in [0.05, 0.1) is 11.9 Å². The molecule has 4 aromatic rings. The molecule has 0 N–H and O–H groups in total. The first-order valence-electron chi connectivity index (χ1n) is 9.01. The first-order valence-corrected chi connectivity index (χ1v) is 9.01. The van der Waals surface area contributed by atoms with Gasteiger partial charge in [0, 0.05) is 11.8 Å². The number of esters is 1. The van der Waals surface area contributed by atoms with Crippen molar-refractivity contribution in [1.29, 1.82) is 0 Å². The molecule has 0 spiro atoms. The number of hydrogen-bond acceptors (Lipinski definition) is 6. The van der Waals surface area contributed by atoms with Gasteiger partial charge < -0.3 is 9.15 Å². The zero-order chi connectivity index (χ0) is 20.2. The lowest BCUT2D eigenvalue weighted by molar-refractivity contribution is 0.0466. The van der Waals surface area contributed by atoms with Crippen LogP contribution in [-0.2, 0) is 17.8 Å². The number of nitrogens with zero attached hydrogens (tertiary/aromatic N) is 4. The molecule has 3 heterocycles. The molecule has 0 aliphatic heterocycles. The Balaban J connectivity index is 1.47. The Kier molecular flexibility index (Phi) is 5.15. The Labute approximate surface area is 165 Å². The third kappa shape index (κ3) is 3.91. The first-order chi connectivity index (χ1) is 14.2. The van der Waals surface area contributed by atoms with Gasteiger partial charge >= 0.3 is 5.97 Å². The van der Waals surface area contributed by atoms with E-state index in [1.165, 1.54) is 24.6 Å². The molecule has 0 unspecified atom stereocenters. The predicted octanol–water partition coefficient (Wildman–Crippen LogP) is 3.98. The van der Waals surface area contributed by atoms with Crippen molar-refractivity contribution in [3.8, 4) is 17.3 Å². The fourth-order valence-electron chi connectivity index (χ4n) is 2.88. The van der Waals surface area contributed by atoms with Crippen molar-refractivity contribution in [2.75, 3.05) is 0 Å². The highest BCUT2D eigenvalue weighted by Crippen LogP contribution is 2.20. The summed E-state index contributed by atoms with van der Waals surface area (Å²) in [5.41, 5.74) is 2.17. The molecule has 0 fully saturated rings. The van der Waals surface area contributed by atoms with Crippen LogP contribution >= 0.6 is 0 Å². The molecule has 0 amide bonds. The molecule has 0 radical (unpaired) electrons. The number of oxazole rings is 1. The number of carbonyl (C=O) groups excluding carboxylic acids is 1. The lowest BCUT2D eigenvalue weighted by Gasteiger charge is -2.06. The minimum Gasteiger partial charge on any atom is -0.455 e. The van der Waals surface area contributed by atoms with Crippen LogP contribution in [-0.4, -0.2) is 25.7 Å². The molecule has 0 saturated heterocycles. The summed E-state index contributed by atoms with van der Waals surface area (Å²) in [4.78, 5) is 21.1. The number of halogens is 1. The summed E-state index contributed by atoms with van der Waals surface area (Å²) in [6.45, 7) is 1.88. The van der Waals surface area contributed by atoms with Gasteiger partial charge in [0.2, 0.25) is 5.89 Å². The summed E-state index contributed by atoms with van der Waals surface area (Å²) >= 11 is 0. The van der Waals surface area contributed by atoms with Gasteiger partial charge in [-0.3, -0.25) is 0 Å². The lowest BCUT2D eigenvalue weighted by atomic mass is 10.2. The highest BCUT2D eigenvalue weighted by Gasteiger charge is 2.19. The smallest absolute Gasteiger partial charge is 0.342 e. The number of carbonyl (C=O) groups is 1. The van der Waals surface area contributed by atoms with Crippen molar-refractivity contribution < 1.29 is 18.3 Å². The summed E-state index contributed by atoms with van der Waals surface area (Å²) in [6, 6.07) is 11.3. The number of aromatic nitrogens is 4. The third-order valence-electron chi connectivity index (χ3n) is 4.28. The Morgan fingerprint density at radius 3 is 2.76 bits per heavy atom. The quantitative estimate of drug-likeness (QED) is 0.462. The van der Waals surface area contributed by atoms with Crippen molar-refractivity contribution in [2.45, 2.75) is 20.0 Å². The number of benzene rings is 1. The van der Waals surface area contributed by atoms with Gasteiger partial charge in [-0.1, -0.05) is 13.0 Å². The number of rotatable bonds is 6. The van der Waals surface area contributed by atoms with E-state index in [-0.39, 0.29) is 12.4 Å². The average Bonchev–Trinajstić information content (AvgIpc) is 3.40. The van der Waals surface area contributed by atoms with Crippen molar-refractivity contribution in [3.63, 3.8) is 0 Å². The minimum atomic E-state index is -0.504. The normalized spacial score (nSPS) is 10.8. The van der Waals surface area contributed by atoms with Crippen LogP contribution in [0.25, 0.3) is 17.3 Å². The third-order valence-corrected chi connectivity index (χ3v) is 4.28. The van der Waals surface area contributed by atoms with Crippen LogP contribution < -0.4 is 0 Å². The molecule has 0 saturated carbocycles. The zero-order valence-electron chi connectivity index (χ0n) is 15.6. The zero-order valence-corrected chi connectivity index (χ0v) is 15.6. The lowest BCUT2D eigenvalue weighted by Crippen LogP contribution is -2.10. The molecule has 0 aliphatic rings. The molecule has 3 aromatic heterocycles. The van der Waals surface area contributed by atoms with Gasteiger partial charge in [0.25, 0.3) is 0 Å². The van der Waals surface area contributed by atoms with E-state index in [1.54, 1.807) is 23.0 Å². The van der Waals surface area contributed by atoms with Gasteiger partial charge in [-0.05, 0) is 42.8 Å². The van der Waals surface area contributed by atoms with Crippen LogP contribution in [0.4, 0.5) is 4.39 Å². The maximum atomic E-state index is 13.0. The van der Waals surface area contributed by atoms with Crippen molar-refractivity contribution in [1.82, 2.24) is 19.7 Å². The highest BCUT2D eigenvalue weighted by atomic mass is 19.1. The maximum absolute atomic E-state index is 13.0. The molecular formula is C21H17FN4O3. The summed E-state index contributed by atoms with van der Waals surface area (Å²) in [5, 5.41) is 4.27. The second-order valence-corrected chi connectivity index (χ2v) is 6.19. The summed E-state index contributed by atoms with van der Waals surface area (Å²) in [6.07, 6.45) is 5.13. The second-order valence-electron chi connectivity index (χ2n) is 6.19. The van der Waals surface area contributed by atoms with Crippen LogP contribution in [0.15, 0.2) is 65.5 Å². The maximum Gasteiger partial charge on any atom is 0.342 e. The Bertz CT molecular complexity index is 1120. The molecule has 0 atom stereocenters. The largest absolute Gasteiger partial charge is 0.455 e. The van der Waals surface area contributed by atoms with E-state index < -0.39 is 5.97 Å². The van der Waals surface area contributed by atoms with Crippen molar-refractivity contribution in [3.05, 3.63) is 83.9 Å². The number of pyridine rings is 1. The van der Waals surface area contributed by atoms with E-state index in [2.05, 4.69) is 15.1 Å². The van der Waals surface area contributed by atoms with Crippen LogP contribution in [0, 0.1) is 5.82 Å². The molecule has 7 nitrogen and oxygen atoms in total. The van der Waals surface area contributed by atoms with Crippen molar-refractivity contribution >= 4 is 5.97 Å². The minimum absolute atomic E-state index is 0.0541. The first kappa shape index (κ1) is 18.5. The number of ether oxygens (including phenoxy) is 1. The molecule has 0 aliphatic carbocycles. The monoisotopic (exact) mass is 392 g/mol. The van der Waals surface area contributed by atoms with Gasteiger partial charge in [-0.25, -0.2) is 23.8 Å². The van der Waals surface area contributed by atoms with Gasteiger partial charge in [-0.15, -0.1) is 0 Å². The SMILES string of the molecule is CCc1c(C(=O)OCc2coc(-c3ccc(F)cc3)n2)cnn1-c1ccccn1. The summed E-state index contributed by atoms with van der Waals surface area (Å²) in [7, 11) is 0. The number of hydrogen-bond donors (Lipinski definition) is 0. The fourth-order valence-corrected chi connectivity index (χ4v) is 2.88. The van der Waals surface area contributed by atoms with Gasteiger partial charge in [-0.2, -0.15) is 5.10 Å². The second kappa shape index (κ2) is 8.05. The van der Waals surface area contributed by atoms with Crippen LogP contribution in [0.2, 0.25) is 0 Å². The highest BCUT2D eigenvalue weighted by molar-refractivity contribution is 5.90. The van der Waals surface area contributed by atoms with Crippen LogP contribution in [0.3, 0.4) is 0 Å². The molecule has 146 valence electrons. The molecule has 1 aromatic carbocycles. The van der Waals surface area contributed by atoms with E-state index in [0.29, 0.717) is 40.6 Å². The standard InChI is InChI=1S/C21H17FN4O3/c1-2-18-17(11-24-26(18)19-5-3-4-10-23-19)21(27)29-13-16-12-28-20(25-16)14-6-8-15(22)9-7-14/h3-12H,2,13H2,1H3. The summed E-state index contributed by atoms with van der Waals surface area (Å²) < 4.78 is 25.4. The van der Waals surface area contributed by atoms with E-state index in [9.17, 15) is 9.18 Å². The Hall–Kier alpha value is -3.81. The Morgan fingerprint density at radius 2 is 2.03 bits per heavy atom. The molecule has 29 heavy (non-hydrogen) atoms. The van der Waals surface area contributed by atoms with E-state index in [0.717, 1.165) is 0 Å². The van der Waals surface area contributed by atoms with Gasteiger partial charge in [0.15, 0.2) is 5.82 Å². The van der Waals surface area contributed by atoms with E-state index in [4.69, 9.17) is 9.15 Å². The van der Waals surface area contributed by atoms with E-state index >= 15 is 0 Å². The summed E-state index contributed by atoms with van der Waals surface area (Å²) in [5.74, 6) is 0.111. The predicted molar refractivity (Wildman–Crippen MR) is 102 cm³/mol. The van der Waals surface area contributed by atoms with Gasteiger partial charge in [0.1, 0.15) is 29.9 Å². The molecule has 4 rings (SSSR count). The van der Waals surface area contributed by atoms with E-state index in [1.807, 2.05) is 25.1 Å². The molecular weight excluding hydrogens is 375 g/mol. The molecule has 0 bridgehead atoms. The molecule has 8 heteroatoms. The Morgan fingerprint density at radius 1 is 1.21 bits per heavy atom. The van der Waals surface area contributed by atoms with Crippen LogP contribution in [0.5, 0.6) is 0 Å². The van der Waals surface area contributed by atoms with Crippen LogP contribution in [0.1, 0.15) is 28.7 Å².